The van der Waals surface area contributed by atoms with Crippen LogP contribution in [-0.2, 0) is 12.0 Å². The molecule has 15 heavy (non-hydrogen) atoms. The smallest absolute Gasteiger partial charge is 0.0446 e. The molecule has 0 aromatic carbocycles. The van der Waals surface area contributed by atoms with Gasteiger partial charge in [-0.25, -0.2) is 0 Å². The zero-order valence-electron chi connectivity index (χ0n) is 9.38. The summed E-state index contributed by atoms with van der Waals surface area (Å²) in [5.74, 6) is 0.932. The van der Waals surface area contributed by atoms with Crippen molar-refractivity contribution in [2.24, 2.45) is 5.92 Å². The predicted molar refractivity (Wildman–Crippen MR) is 65.3 cm³/mol. The van der Waals surface area contributed by atoms with Crippen molar-refractivity contribution in [2.75, 3.05) is 6.54 Å². The van der Waals surface area contributed by atoms with E-state index in [1.807, 2.05) is 11.3 Å². The van der Waals surface area contributed by atoms with E-state index in [0.29, 0.717) is 5.54 Å². The number of nitrogens with one attached hydrogen (secondary N) is 1. The van der Waals surface area contributed by atoms with Gasteiger partial charge < -0.3 is 5.32 Å². The molecule has 3 rings (SSSR count). The van der Waals surface area contributed by atoms with Crippen LogP contribution in [0.3, 0.4) is 0 Å². The Morgan fingerprint density at radius 2 is 2.20 bits per heavy atom. The number of hydrogen-bond acceptors (Lipinski definition) is 2. The third-order valence-corrected chi connectivity index (χ3v) is 5.18. The summed E-state index contributed by atoms with van der Waals surface area (Å²) in [6.07, 6.45) is 6.71. The van der Waals surface area contributed by atoms with Crippen LogP contribution in [0, 0.1) is 5.92 Å². The molecular formula is C13H19NS. The van der Waals surface area contributed by atoms with Gasteiger partial charge in [0.25, 0.3) is 0 Å². The number of hydrogen-bond donors (Lipinski definition) is 1. The van der Waals surface area contributed by atoms with Crippen LogP contribution in [0.15, 0.2) is 11.4 Å². The zero-order chi connectivity index (χ0) is 10.3. The van der Waals surface area contributed by atoms with Crippen molar-refractivity contribution in [1.29, 1.82) is 0 Å². The van der Waals surface area contributed by atoms with Crippen LogP contribution in [-0.4, -0.2) is 6.54 Å². The van der Waals surface area contributed by atoms with Crippen molar-refractivity contribution in [3.8, 4) is 0 Å². The topological polar surface area (TPSA) is 12.0 Å². The highest BCUT2D eigenvalue weighted by molar-refractivity contribution is 7.10. The van der Waals surface area contributed by atoms with E-state index < -0.39 is 0 Å². The Bertz CT molecular complexity index is 347. The fraction of sp³-hybridized carbons (Fsp3) is 0.692. The Kier molecular flexibility index (Phi) is 2.37. The highest BCUT2D eigenvalue weighted by atomic mass is 32.1. The lowest BCUT2D eigenvalue weighted by Crippen LogP contribution is -2.48. The number of rotatable bonds is 0. The SMILES string of the molecule is CC1CCC2(CC1)NCCc1sccc12. The molecule has 0 amide bonds. The summed E-state index contributed by atoms with van der Waals surface area (Å²) in [7, 11) is 0. The van der Waals surface area contributed by atoms with E-state index in [0.717, 1.165) is 5.92 Å². The average Bonchev–Trinajstić information content (AvgIpc) is 2.72. The summed E-state index contributed by atoms with van der Waals surface area (Å²) in [4.78, 5) is 1.64. The number of thiophene rings is 1. The van der Waals surface area contributed by atoms with Crippen molar-refractivity contribution in [1.82, 2.24) is 5.32 Å². The lowest BCUT2D eigenvalue weighted by Gasteiger charge is -2.43. The molecule has 1 aliphatic carbocycles. The summed E-state index contributed by atoms with van der Waals surface area (Å²) < 4.78 is 0. The maximum Gasteiger partial charge on any atom is 0.0446 e. The average molecular weight is 221 g/mol. The fourth-order valence-electron chi connectivity index (χ4n) is 3.17. The molecule has 1 aromatic heterocycles. The van der Waals surface area contributed by atoms with Crippen LogP contribution >= 0.6 is 11.3 Å². The van der Waals surface area contributed by atoms with Gasteiger partial charge in [-0.15, -0.1) is 11.3 Å². The second-order valence-corrected chi connectivity index (χ2v) is 6.20. The summed E-state index contributed by atoms with van der Waals surface area (Å²) >= 11 is 1.95. The zero-order valence-corrected chi connectivity index (χ0v) is 10.2. The molecule has 1 fully saturated rings. The molecule has 1 spiro atoms. The Morgan fingerprint density at radius 1 is 1.40 bits per heavy atom. The van der Waals surface area contributed by atoms with Crippen molar-refractivity contribution in [3.05, 3.63) is 21.9 Å². The maximum atomic E-state index is 3.80. The minimum Gasteiger partial charge on any atom is -0.307 e. The normalized spacial score (nSPS) is 35.4. The van der Waals surface area contributed by atoms with Crippen molar-refractivity contribution < 1.29 is 0 Å². The van der Waals surface area contributed by atoms with Crippen molar-refractivity contribution in [2.45, 2.75) is 44.6 Å². The second-order valence-electron chi connectivity index (χ2n) is 5.20. The van der Waals surface area contributed by atoms with Crippen LogP contribution < -0.4 is 5.32 Å². The Morgan fingerprint density at radius 3 is 3.00 bits per heavy atom. The summed E-state index contributed by atoms with van der Waals surface area (Å²) in [5.41, 5.74) is 1.99. The third-order valence-electron chi connectivity index (χ3n) is 4.20. The molecule has 0 atom stereocenters. The summed E-state index contributed by atoms with van der Waals surface area (Å²) in [6.45, 7) is 3.58. The van der Waals surface area contributed by atoms with Gasteiger partial charge >= 0.3 is 0 Å². The molecule has 0 saturated heterocycles. The van der Waals surface area contributed by atoms with Gasteiger partial charge in [0.2, 0.25) is 0 Å². The quantitative estimate of drug-likeness (QED) is 0.709. The number of fused-ring (bicyclic) bond motifs is 2. The Hall–Kier alpha value is -0.340. The van der Waals surface area contributed by atoms with E-state index in [9.17, 15) is 0 Å². The molecule has 1 N–H and O–H groups in total. The first-order valence-corrected chi connectivity index (χ1v) is 7.00. The van der Waals surface area contributed by atoms with Gasteiger partial charge in [0, 0.05) is 17.0 Å². The molecule has 0 bridgehead atoms. The lowest BCUT2D eigenvalue weighted by molar-refractivity contribution is 0.189. The van der Waals surface area contributed by atoms with Crippen LogP contribution in [0.5, 0.6) is 0 Å². The standard InChI is InChI=1S/C13H19NS/c1-10-2-6-13(7-3-10)11-5-9-15-12(11)4-8-14-13/h5,9-10,14H,2-4,6-8H2,1H3. The van der Waals surface area contributed by atoms with E-state index in [1.54, 1.807) is 10.4 Å². The molecule has 82 valence electrons. The molecule has 0 unspecified atom stereocenters. The van der Waals surface area contributed by atoms with E-state index in [1.165, 1.54) is 38.6 Å². The third kappa shape index (κ3) is 1.55. The predicted octanol–water partition coefficient (Wildman–Crippen LogP) is 3.30. The second kappa shape index (κ2) is 3.60. The molecular weight excluding hydrogens is 202 g/mol. The lowest BCUT2D eigenvalue weighted by atomic mass is 9.72. The first-order valence-electron chi connectivity index (χ1n) is 6.12. The van der Waals surface area contributed by atoms with Crippen molar-refractivity contribution >= 4 is 11.3 Å². The monoisotopic (exact) mass is 221 g/mol. The highest BCUT2D eigenvalue weighted by Crippen LogP contribution is 2.43. The van der Waals surface area contributed by atoms with Gasteiger partial charge in [0.05, 0.1) is 0 Å². The molecule has 1 aliphatic heterocycles. The maximum absolute atomic E-state index is 3.80. The Labute approximate surface area is 95.9 Å². The molecule has 2 heteroatoms. The molecule has 1 nitrogen and oxygen atoms in total. The van der Waals surface area contributed by atoms with E-state index in [2.05, 4.69) is 23.7 Å². The van der Waals surface area contributed by atoms with Gasteiger partial charge in [-0.1, -0.05) is 6.92 Å². The first-order chi connectivity index (χ1) is 7.30. The summed E-state index contributed by atoms with van der Waals surface area (Å²) in [5, 5.41) is 6.08. The van der Waals surface area contributed by atoms with Gasteiger partial charge in [0.15, 0.2) is 0 Å². The molecule has 1 aromatic rings. The minimum absolute atomic E-state index is 0.361. The van der Waals surface area contributed by atoms with Crippen LogP contribution in [0.1, 0.15) is 43.0 Å². The molecule has 2 aliphatic rings. The largest absolute Gasteiger partial charge is 0.307 e. The fourth-order valence-corrected chi connectivity index (χ4v) is 4.15. The van der Waals surface area contributed by atoms with E-state index in [-0.39, 0.29) is 0 Å². The van der Waals surface area contributed by atoms with Gasteiger partial charge in [-0.3, -0.25) is 0 Å². The molecule has 2 heterocycles. The van der Waals surface area contributed by atoms with Crippen molar-refractivity contribution in [3.63, 3.8) is 0 Å². The van der Waals surface area contributed by atoms with Gasteiger partial charge in [-0.2, -0.15) is 0 Å². The van der Waals surface area contributed by atoms with E-state index >= 15 is 0 Å². The first kappa shape index (κ1) is 9.86. The highest BCUT2D eigenvalue weighted by Gasteiger charge is 2.39. The summed E-state index contributed by atoms with van der Waals surface area (Å²) in [6, 6.07) is 2.36. The Balaban J connectivity index is 1.94. The minimum atomic E-state index is 0.361. The van der Waals surface area contributed by atoms with Crippen LogP contribution in [0.25, 0.3) is 0 Å². The molecule has 0 radical (unpaired) electrons. The van der Waals surface area contributed by atoms with E-state index in [4.69, 9.17) is 0 Å². The van der Waals surface area contributed by atoms with Gasteiger partial charge in [-0.05, 0) is 55.0 Å². The van der Waals surface area contributed by atoms with Crippen LogP contribution in [0.2, 0.25) is 0 Å². The van der Waals surface area contributed by atoms with Crippen LogP contribution in [0.4, 0.5) is 0 Å². The van der Waals surface area contributed by atoms with Gasteiger partial charge in [0.1, 0.15) is 0 Å². The molecule has 1 saturated carbocycles.